The number of rotatable bonds is 13. The Labute approximate surface area is 226 Å². The van der Waals surface area contributed by atoms with Crippen molar-refractivity contribution in [1.82, 2.24) is 15.5 Å². The molecule has 3 unspecified atom stereocenters. The maximum absolute atomic E-state index is 13.5. The van der Waals surface area contributed by atoms with Gasteiger partial charge in [-0.25, -0.2) is 4.79 Å². The molecule has 0 saturated heterocycles. The highest BCUT2D eigenvalue weighted by Gasteiger charge is 2.40. The second-order valence-electron chi connectivity index (χ2n) is 11.0. The molecule has 3 atom stereocenters. The molecule has 2 aromatic carbocycles. The van der Waals surface area contributed by atoms with Gasteiger partial charge in [0.1, 0.15) is 6.04 Å². The van der Waals surface area contributed by atoms with Gasteiger partial charge in [-0.15, -0.1) is 0 Å². The van der Waals surface area contributed by atoms with Crippen LogP contribution in [0.25, 0.3) is 0 Å². The molecule has 0 aliphatic heterocycles. The molecule has 0 fully saturated rings. The molecule has 0 saturated carbocycles. The van der Waals surface area contributed by atoms with Crippen LogP contribution in [0.4, 0.5) is 4.79 Å². The van der Waals surface area contributed by atoms with Crippen molar-refractivity contribution in [2.75, 3.05) is 6.54 Å². The molecule has 0 aliphatic carbocycles. The van der Waals surface area contributed by atoms with E-state index < -0.39 is 35.7 Å². The third kappa shape index (κ3) is 9.82. The van der Waals surface area contributed by atoms with Crippen molar-refractivity contribution in [1.29, 1.82) is 0 Å². The summed E-state index contributed by atoms with van der Waals surface area (Å²) >= 11 is 0. The first-order chi connectivity index (χ1) is 17.9. The Kier molecular flexibility index (Phi) is 11.8. The molecule has 0 radical (unpaired) electrons. The summed E-state index contributed by atoms with van der Waals surface area (Å²) in [6.07, 6.45) is -0.862. The van der Waals surface area contributed by atoms with Gasteiger partial charge in [-0.3, -0.25) is 14.5 Å². The SMILES string of the molecule is CC(C)C(C(=O)NC(Cc1ccccc1)C(O)CCC(=O)NCCc1ccccc1)N(C(=O)O)C(C)(C)C. The average Bonchev–Trinajstić information content (AvgIpc) is 2.85. The summed E-state index contributed by atoms with van der Waals surface area (Å²) in [4.78, 5) is 39.2. The minimum absolute atomic E-state index is 0.105. The lowest BCUT2D eigenvalue weighted by Gasteiger charge is -2.41. The summed E-state index contributed by atoms with van der Waals surface area (Å²) in [7, 11) is 0. The van der Waals surface area contributed by atoms with Gasteiger partial charge in [0.05, 0.1) is 12.1 Å². The third-order valence-corrected chi connectivity index (χ3v) is 6.44. The first kappa shape index (κ1) is 30.8. The normalized spacial score (nSPS) is 13.9. The molecular weight excluding hydrogens is 482 g/mol. The van der Waals surface area contributed by atoms with Crippen LogP contribution in [0, 0.1) is 5.92 Å². The summed E-state index contributed by atoms with van der Waals surface area (Å²) in [6.45, 7) is 9.34. The maximum atomic E-state index is 13.5. The molecule has 8 nitrogen and oxygen atoms in total. The van der Waals surface area contributed by atoms with E-state index in [9.17, 15) is 24.6 Å². The molecule has 0 bridgehead atoms. The molecule has 2 rings (SSSR count). The number of hydrogen-bond acceptors (Lipinski definition) is 4. The summed E-state index contributed by atoms with van der Waals surface area (Å²) < 4.78 is 0. The van der Waals surface area contributed by atoms with Gasteiger partial charge in [0.2, 0.25) is 11.8 Å². The standard InChI is InChI=1S/C30H43N3O5/c1-21(2)27(33(29(37)38)30(3,4)5)28(36)32-24(20-23-14-10-7-11-15-23)25(34)16-17-26(35)31-19-18-22-12-8-6-9-13-22/h6-15,21,24-25,27,34H,16-20H2,1-5H3,(H,31,35)(H,32,36)(H,37,38). The van der Waals surface area contributed by atoms with Gasteiger partial charge in [-0.1, -0.05) is 74.5 Å². The number of aliphatic hydroxyl groups excluding tert-OH is 1. The second kappa shape index (κ2) is 14.5. The zero-order valence-corrected chi connectivity index (χ0v) is 23.2. The summed E-state index contributed by atoms with van der Waals surface area (Å²) in [5.74, 6) is -0.936. The number of aliphatic hydroxyl groups is 1. The van der Waals surface area contributed by atoms with Crippen LogP contribution < -0.4 is 10.6 Å². The van der Waals surface area contributed by atoms with E-state index in [1.54, 1.807) is 34.6 Å². The molecule has 0 spiro atoms. The molecule has 8 heteroatoms. The van der Waals surface area contributed by atoms with E-state index >= 15 is 0 Å². The predicted molar refractivity (Wildman–Crippen MR) is 149 cm³/mol. The minimum Gasteiger partial charge on any atom is -0.465 e. The highest BCUT2D eigenvalue weighted by molar-refractivity contribution is 5.86. The number of nitrogens with one attached hydrogen (secondary N) is 2. The number of amides is 3. The van der Waals surface area contributed by atoms with Crippen molar-refractivity contribution in [3.8, 4) is 0 Å². The minimum atomic E-state index is -1.18. The fourth-order valence-electron chi connectivity index (χ4n) is 4.52. The Morgan fingerprint density at radius 1 is 0.921 bits per heavy atom. The topological polar surface area (TPSA) is 119 Å². The fourth-order valence-corrected chi connectivity index (χ4v) is 4.52. The lowest BCUT2D eigenvalue weighted by atomic mass is 9.93. The van der Waals surface area contributed by atoms with Crippen molar-refractivity contribution in [3.05, 3.63) is 71.8 Å². The van der Waals surface area contributed by atoms with E-state index in [4.69, 9.17) is 0 Å². The quantitative estimate of drug-likeness (QED) is 0.315. The number of nitrogens with zero attached hydrogens (tertiary/aromatic N) is 1. The molecular formula is C30H43N3O5. The van der Waals surface area contributed by atoms with E-state index in [0.29, 0.717) is 19.4 Å². The van der Waals surface area contributed by atoms with Crippen LogP contribution in [0.5, 0.6) is 0 Å². The number of benzene rings is 2. The van der Waals surface area contributed by atoms with E-state index in [2.05, 4.69) is 10.6 Å². The summed E-state index contributed by atoms with van der Waals surface area (Å²) in [5, 5.41) is 26.8. The van der Waals surface area contributed by atoms with E-state index in [1.807, 2.05) is 60.7 Å². The Hall–Kier alpha value is -3.39. The summed E-state index contributed by atoms with van der Waals surface area (Å²) in [6, 6.07) is 17.7. The van der Waals surface area contributed by atoms with Crippen LogP contribution in [-0.2, 0) is 22.4 Å². The third-order valence-electron chi connectivity index (χ3n) is 6.44. The Bertz CT molecular complexity index is 1020. The fraction of sp³-hybridized carbons (Fsp3) is 0.500. The van der Waals surface area contributed by atoms with Gasteiger partial charge in [0.25, 0.3) is 0 Å². The zero-order valence-electron chi connectivity index (χ0n) is 23.2. The Morgan fingerprint density at radius 3 is 1.97 bits per heavy atom. The average molecular weight is 526 g/mol. The first-order valence-corrected chi connectivity index (χ1v) is 13.3. The van der Waals surface area contributed by atoms with Gasteiger partial charge < -0.3 is 20.8 Å². The molecule has 208 valence electrons. The second-order valence-corrected chi connectivity index (χ2v) is 11.0. The monoisotopic (exact) mass is 525 g/mol. The number of carbonyl (C=O) groups is 3. The van der Waals surface area contributed by atoms with Crippen LogP contribution in [-0.4, -0.2) is 63.3 Å². The molecule has 38 heavy (non-hydrogen) atoms. The number of carboxylic acid groups (broad SMARTS) is 1. The molecule has 0 aliphatic rings. The van der Waals surface area contributed by atoms with Gasteiger partial charge in [-0.05, 0) is 57.1 Å². The van der Waals surface area contributed by atoms with Crippen LogP contribution in [0.2, 0.25) is 0 Å². The Morgan fingerprint density at radius 2 is 1.47 bits per heavy atom. The molecule has 3 amide bonds. The van der Waals surface area contributed by atoms with Gasteiger partial charge in [0, 0.05) is 18.5 Å². The van der Waals surface area contributed by atoms with Crippen molar-refractivity contribution in [2.24, 2.45) is 5.92 Å². The predicted octanol–water partition coefficient (Wildman–Crippen LogP) is 4.02. The lowest BCUT2D eigenvalue weighted by molar-refractivity contribution is -0.131. The first-order valence-electron chi connectivity index (χ1n) is 13.3. The van der Waals surface area contributed by atoms with Gasteiger partial charge in [0.15, 0.2) is 0 Å². The van der Waals surface area contributed by atoms with Crippen LogP contribution in [0.15, 0.2) is 60.7 Å². The highest BCUT2D eigenvalue weighted by Crippen LogP contribution is 2.23. The van der Waals surface area contributed by atoms with E-state index in [0.717, 1.165) is 11.1 Å². The maximum Gasteiger partial charge on any atom is 0.408 e. The van der Waals surface area contributed by atoms with Crippen molar-refractivity contribution in [3.63, 3.8) is 0 Å². The molecule has 0 aromatic heterocycles. The number of carbonyl (C=O) groups excluding carboxylic acids is 2. The van der Waals surface area contributed by atoms with Crippen molar-refractivity contribution < 1.29 is 24.6 Å². The largest absolute Gasteiger partial charge is 0.465 e. The summed E-state index contributed by atoms with van der Waals surface area (Å²) in [5.41, 5.74) is 1.24. The molecule has 4 N–H and O–H groups in total. The van der Waals surface area contributed by atoms with E-state index in [-0.39, 0.29) is 24.7 Å². The van der Waals surface area contributed by atoms with E-state index in [1.165, 1.54) is 4.90 Å². The molecule has 2 aromatic rings. The zero-order chi connectivity index (χ0) is 28.3. The molecule has 0 heterocycles. The van der Waals surface area contributed by atoms with Crippen LogP contribution >= 0.6 is 0 Å². The number of hydrogen-bond donors (Lipinski definition) is 4. The van der Waals surface area contributed by atoms with Gasteiger partial charge in [-0.2, -0.15) is 0 Å². The van der Waals surface area contributed by atoms with Crippen molar-refractivity contribution in [2.45, 2.75) is 84.0 Å². The van der Waals surface area contributed by atoms with Gasteiger partial charge >= 0.3 is 6.09 Å². The smallest absolute Gasteiger partial charge is 0.408 e. The van der Waals surface area contributed by atoms with Crippen molar-refractivity contribution >= 4 is 17.9 Å². The van der Waals surface area contributed by atoms with Crippen LogP contribution in [0.3, 0.4) is 0 Å². The lowest BCUT2D eigenvalue weighted by Crippen LogP contribution is -2.61. The van der Waals surface area contributed by atoms with Crippen LogP contribution in [0.1, 0.15) is 58.6 Å². The highest BCUT2D eigenvalue weighted by atomic mass is 16.4. The Balaban J connectivity index is 2.09.